The Bertz CT molecular complexity index is 1880. The number of hydrogen-bond donors (Lipinski definition) is 2. The molecule has 9 rings (SSSR count). The lowest BCUT2D eigenvalue weighted by Crippen LogP contribution is -2.51. The van der Waals surface area contributed by atoms with Gasteiger partial charge in [0.2, 0.25) is 0 Å². The van der Waals surface area contributed by atoms with Gasteiger partial charge in [0, 0.05) is 49.7 Å². The maximum Gasteiger partial charge on any atom is 0.319 e. The molecule has 1 aromatic carbocycles. The van der Waals surface area contributed by atoms with Crippen LogP contribution in [0.25, 0.3) is 32.4 Å². The number of piperazine rings is 1. The van der Waals surface area contributed by atoms with Crippen LogP contribution in [0.1, 0.15) is 57.4 Å². The molecule has 10 nitrogen and oxygen atoms in total. The van der Waals surface area contributed by atoms with Crippen molar-refractivity contribution in [2.24, 2.45) is 0 Å². The summed E-state index contributed by atoms with van der Waals surface area (Å²) in [6.07, 6.45) is 6.45. The van der Waals surface area contributed by atoms with Crippen molar-refractivity contribution in [1.82, 2.24) is 29.7 Å². The Morgan fingerprint density at radius 3 is 2.69 bits per heavy atom. The molecule has 5 fully saturated rings. The molecule has 1 aliphatic carbocycles. The molecule has 4 aromatic rings. The molecule has 4 saturated heterocycles. The average Bonchev–Trinajstić information content (AvgIpc) is 3.74. The first-order chi connectivity index (χ1) is 21.8. The van der Waals surface area contributed by atoms with Crippen molar-refractivity contribution in [3.8, 4) is 17.3 Å². The van der Waals surface area contributed by atoms with Gasteiger partial charge in [-0.25, -0.2) is 13.8 Å². The van der Waals surface area contributed by atoms with Crippen LogP contribution in [-0.4, -0.2) is 81.0 Å². The Hall–Kier alpha value is -3.42. The summed E-state index contributed by atoms with van der Waals surface area (Å²) >= 11 is 1.10. The maximum absolute atomic E-state index is 14.8. The summed E-state index contributed by atoms with van der Waals surface area (Å²) in [4.78, 5) is 33.4. The van der Waals surface area contributed by atoms with Crippen molar-refractivity contribution >= 4 is 43.4 Å². The van der Waals surface area contributed by atoms with E-state index in [0.29, 0.717) is 69.9 Å². The molecular weight excluding hydrogens is 598 g/mol. The summed E-state index contributed by atoms with van der Waals surface area (Å²) in [5, 5.41) is 4.42. The molecule has 236 valence electrons. The Balaban J connectivity index is 1.22. The van der Waals surface area contributed by atoms with Gasteiger partial charge in [-0.1, -0.05) is 11.3 Å². The molecule has 2 unspecified atom stereocenters. The summed E-state index contributed by atoms with van der Waals surface area (Å²) in [6.45, 7) is 3.09. The van der Waals surface area contributed by atoms with Gasteiger partial charge in [-0.15, -0.1) is 0 Å². The Labute approximate surface area is 262 Å². The quantitative estimate of drug-likeness (QED) is 0.318. The van der Waals surface area contributed by atoms with Gasteiger partial charge in [-0.2, -0.15) is 9.97 Å². The predicted molar refractivity (Wildman–Crippen MR) is 170 cm³/mol. The molecule has 3 N–H and O–H groups in total. The van der Waals surface area contributed by atoms with Crippen LogP contribution in [-0.2, 0) is 0 Å². The predicted octanol–water partition coefficient (Wildman–Crippen LogP) is 4.41. The highest BCUT2D eigenvalue weighted by Gasteiger charge is 2.49. The Morgan fingerprint density at radius 1 is 1.09 bits per heavy atom. The van der Waals surface area contributed by atoms with E-state index in [4.69, 9.17) is 20.4 Å². The Morgan fingerprint density at radius 2 is 1.91 bits per heavy atom. The monoisotopic (exact) mass is 634 g/mol. The summed E-state index contributed by atoms with van der Waals surface area (Å²) in [6, 6.07) is 5.89. The van der Waals surface area contributed by atoms with Gasteiger partial charge < -0.3 is 25.3 Å². The number of rotatable bonds is 6. The van der Waals surface area contributed by atoms with Crippen molar-refractivity contribution in [3.63, 3.8) is 0 Å². The zero-order valence-corrected chi connectivity index (χ0v) is 25.8. The average molecular weight is 635 g/mol. The summed E-state index contributed by atoms with van der Waals surface area (Å²) < 4.78 is 38.0. The van der Waals surface area contributed by atoms with E-state index in [-0.39, 0.29) is 28.3 Å². The van der Waals surface area contributed by atoms with Crippen LogP contribution in [0.3, 0.4) is 0 Å². The second-order valence-electron chi connectivity index (χ2n) is 13.6. The number of hydrogen-bond acceptors (Lipinski definition) is 10. The zero-order valence-electron chi connectivity index (χ0n) is 25.0. The van der Waals surface area contributed by atoms with E-state index in [1.54, 1.807) is 6.07 Å². The number of thiazole rings is 1. The van der Waals surface area contributed by atoms with Crippen LogP contribution < -0.4 is 26.2 Å². The largest absolute Gasteiger partial charge is 0.461 e. The van der Waals surface area contributed by atoms with Crippen molar-refractivity contribution in [3.05, 3.63) is 34.4 Å². The maximum atomic E-state index is 14.8. The van der Waals surface area contributed by atoms with Gasteiger partial charge in [0.05, 0.1) is 27.0 Å². The number of ether oxygens (including phenoxy) is 1. The molecule has 7 heterocycles. The minimum Gasteiger partial charge on any atom is -0.461 e. The van der Waals surface area contributed by atoms with E-state index >= 15 is 0 Å². The minimum atomic E-state index is -0.863. The number of halogens is 2. The standard InChI is InChI=1S/C32H36F2N8O2S/c33-17-12-32(9-2-10-41(32)13-17)16-44-31-37-23-11-24(21-7-8-22(34)27-26(21)38-30(35)45-27)42(20-3-1-4-20)29(43)25(23)28(39-31)40-14-18-5-6-19(15-40)36-18/h7-8,11,17-20,36H,1-6,9-10,12-16H2,(H2,35,38)/t17-,18?,19?,32+/m1/s1. The van der Waals surface area contributed by atoms with E-state index in [1.807, 2.05) is 10.6 Å². The van der Waals surface area contributed by atoms with Crippen molar-refractivity contribution in [2.45, 2.75) is 81.2 Å². The van der Waals surface area contributed by atoms with Crippen LogP contribution in [0.5, 0.6) is 6.01 Å². The summed E-state index contributed by atoms with van der Waals surface area (Å²) in [5.74, 6) is 0.202. The third kappa shape index (κ3) is 4.44. The lowest BCUT2D eigenvalue weighted by molar-refractivity contribution is 0.107. The first-order valence-corrected chi connectivity index (χ1v) is 17.0. The normalized spacial score (nSPS) is 28.3. The number of anilines is 2. The third-order valence-electron chi connectivity index (χ3n) is 10.8. The number of pyridine rings is 1. The van der Waals surface area contributed by atoms with E-state index in [0.717, 1.165) is 75.9 Å². The summed E-state index contributed by atoms with van der Waals surface area (Å²) in [7, 11) is 0. The summed E-state index contributed by atoms with van der Waals surface area (Å²) in [5.41, 5.74) is 7.74. The number of nitrogens with two attached hydrogens (primary N) is 1. The fourth-order valence-electron chi connectivity index (χ4n) is 8.51. The molecule has 45 heavy (non-hydrogen) atoms. The number of nitrogens with zero attached hydrogens (tertiary/aromatic N) is 6. The lowest BCUT2D eigenvalue weighted by atomic mass is 9.91. The molecule has 0 amide bonds. The van der Waals surface area contributed by atoms with E-state index in [9.17, 15) is 13.6 Å². The Kier molecular flexibility index (Phi) is 6.37. The number of nitrogens with one attached hydrogen (secondary N) is 1. The van der Waals surface area contributed by atoms with Crippen LogP contribution in [0.2, 0.25) is 0 Å². The second-order valence-corrected chi connectivity index (χ2v) is 14.6. The fraction of sp³-hybridized carbons (Fsp3) is 0.562. The van der Waals surface area contributed by atoms with Gasteiger partial charge in [0.25, 0.3) is 5.56 Å². The molecule has 13 heteroatoms. The molecule has 1 saturated carbocycles. The van der Waals surface area contributed by atoms with Crippen LogP contribution in [0.15, 0.2) is 23.0 Å². The highest BCUT2D eigenvalue weighted by Crippen LogP contribution is 2.42. The van der Waals surface area contributed by atoms with Crippen molar-refractivity contribution in [1.29, 1.82) is 0 Å². The molecule has 5 aliphatic rings. The minimum absolute atomic E-state index is 0.0134. The molecule has 4 atom stereocenters. The van der Waals surface area contributed by atoms with Gasteiger partial charge in [0.15, 0.2) is 5.13 Å². The molecular formula is C32H36F2N8O2S. The van der Waals surface area contributed by atoms with Crippen molar-refractivity contribution in [2.75, 3.05) is 43.4 Å². The van der Waals surface area contributed by atoms with E-state index < -0.39 is 12.0 Å². The molecule has 0 radical (unpaired) electrons. The number of nitrogen functional groups attached to an aromatic ring is 1. The van der Waals surface area contributed by atoms with E-state index in [1.165, 1.54) is 6.07 Å². The molecule has 3 aromatic heterocycles. The zero-order chi connectivity index (χ0) is 30.4. The smallest absolute Gasteiger partial charge is 0.319 e. The highest BCUT2D eigenvalue weighted by atomic mass is 32.1. The van der Waals surface area contributed by atoms with Gasteiger partial charge in [0.1, 0.15) is 29.8 Å². The van der Waals surface area contributed by atoms with E-state index in [2.05, 4.69) is 20.1 Å². The molecule has 2 bridgehead atoms. The second kappa shape index (κ2) is 10.3. The van der Waals surface area contributed by atoms with Crippen LogP contribution >= 0.6 is 11.3 Å². The van der Waals surface area contributed by atoms with Crippen LogP contribution in [0, 0.1) is 5.82 Å². The SMILES string of the molecule is Nc1nc2c(-c3cc4nc(OC[C@@]56CCCN5C[C@H](F)C6)nc(N5CC6CCC(C5)N6)c4c(=O)n3C3CCC3)ccc(F)c2s1. The first kappa shape index (κ1) is 27.9. The number of alkyl halides is 1. The molecule has 4 aliphatic heterocycles. The number of aromatic nitrogens is 4. The highest BCUT2D eigenvalue weighted by molar-refractivity contribution is 7.22. The lowest BCUT2D eigenvalue weighted by Gasteiger charge is -2.35. The number of benzene rings is 1. The van der Waals surface area contributed by atoms with Gasteiger partial charge in [-0.05, 0) is 69.7 Å². The van der Waals surface area contributed by atoms with Crippen LogP contribution in [0.4, 0.5) is 19.7 Å². The number of fused-ring (bicyclic) bond motifs is 5. The fourth-order valence-corrected chi connectivity index (χ4v) is 9.27. The first-order valence-electron chi connectivity index (χ1n) is 16.2. The molecule has 0 spiro atoms. The van der Waals surface area contributed by atoms with Crippen molar-refractivity contribution < 1.29 is 13.5 Å². The van der Waals surface area contributed by atoms with Gasteiger partial charge in [-0.3, -0.25) is 9.69 Å². The van der Waals surface area contributed by atoms with Gasteiger partial charge >= 0.3 is 6.01 Å². The third-order valence-corrected chi connectivity index (χ3v) is 11.7. The topological polar surface area (TPSA) is 114 Å².